The number of benzene rings is 1. The molecular formula is C19H31NO. The van der Waals surface area contributed by atoms with Crippen LogP contribution in [-0.2, 0) is 0 Å². The van der Waals surface area contributed by atoms with Crippen LogP contribution in [0.3, 0.4) is 0 Å². The van der Waals surface area contributed by atoms with Gasteiger partial charge in [-0.25, -0.2) is 0 Å². The van der Waals surface area contributed by atoms with Gasteiger partial charge in [-0.3, -0.25) is 0 Å². The lowest BCUT2D eigenvalue weighted by molar-refractivity contribution is 0.0839. The second-order valence-electron chi connectivity index (χ2n) is 6.88. The lowest BCUT2D eigenvalue weighted by Gasteiger charge is -2.35. The van der Waals surface area contributed by atoms with E-state index in [4.69, 9.17) is 0 Å². The summed E-state index contributed by atoms with van der Waals surface area (Å²) in [6.45, 7) is 7.27. The van der Waals surface area contributed by atoms with Gasteiger partial charge in [-0.05, 0) is 69.2 Å². The predicted molar refractivity (Wildman–Crippen MR) is 89.5 cm³/mol. The molecule has 0 heterocycles. The quantitative estimate of drug-likeness (QED) is 0.876. The van der Waals surface area contributed by atoms with Crippen molar-refractivity contribution in [2.75, 3.05) is 13.6 Å². The van der Waals surface area contributed by atoms with Gasteiger partial charge in [0.05, 0.1) is 6.10 Å². The summed E-state index contributed by atoms with van der Waals surface area (Å²) in [6, 6.07) is 6.95. The van der Waals surface area contributed by atoms with Crippen LogP contribution in [0.4, 0.5) is 0 Å². The minimum Gasteiger partial charge on any atom is -0.387 e. The van der Waals surface area contributed by atoms with E-state index in [1.54, 1.807) is 0 Å². The highest BCUT2D eigenvalue weighted by Crippen LogP contribution is 2.29. The summed E-state index contributed by atoms with van der Waals surface area (Å²) in [6.07, 6.45) is 6.22. The molecule has 118 valence electrons. The van der Waals surface area contributed by atoms with Crippen molar-refractivity contribution in [1.29, 1.82) is 0 Å². The fraction of sp³-hybridized carbons (Fsp3) is 0.684. The highest BCUT2D eigenvalue weighted by atomic mass is 16.3. The third-order valence-electron chi connectivity index (χ3n) is 5.39. The summed E-state index contributed by atoms with van der Waals surface area (Å²) in [7, 11) is 2.17. The second kappa shape index (κ2) is 7.42. The Labute approximate surface area is 130 Å². The molecule has 1 saturated carbocycles. The lowest BCUT2D eigenvalue weighted by atomic mass is 9.84. The van der Waals surface area contributed by atoms with Crippen molar-refractivity contribution >= 4 is 0 Å². The molecule has 0 saturated heterocycles. The number of hydrogen-bond acceptors (Lipinski definition) is 2. The molecule has 0 radical (unpaired) electrons. The molecule has 0 amide bonds. The maximum atomic E-state index is 10.5. The molecule has 1 aromatic carbocycles. The van der Waals surface area contributed by atoms with E-state index in [9.17, 15) is 5.11 Å². The van der Waals surface area contributed by atoms with Crippen LogP contribution in [0.1, 0.15) is 61.8 Å². The van der Waals surface area contributed by atoms with Gasteiger partial charge in [0, 0.05) is 12.6 Å². The molecule has 0 spiro atoms. The van der Waals surface area contributed by atoms with Crippen LogP contribution >= 0.6 is 0 Å². The van der Waals surface area contributed by atoms with Crippen LogP contribution in [0.25, 0.3) is 0 Å². The van der Waals surface area contributed by atoms with Crippen molar-refractivity contribution < 1.29 is 5.11 Å². The average molecular weight is 289 g/mol. The fourth-order valence-corrected chi connectivity index (χ4v) is 3.49. The molecule has 1 aliphatic carbocycles. The Balaban J connectivity index is 1.89. The molecule has 2 heteroatoms. The summed E-state index contributed by atoms with van der Waals surface area (Å²) in [5.74, 6) is 0.930. The fourth-order valence-electron chi connectivity index (χ4n) is 3.49. The van der Waals surface area contributed by atoms with Crippen LogP contribution in [0.15, 0.2) is 18.2 Å². The number of aliphatic hydroxyl groups is 1. The zero-order chi connectivity index (χ0) is 15.4. The molecule has 21 heavy (non-hydrogen) atoms. The smallest absolute Gasteiger partial charge is 0.0917 e. The number of nitrogens with zero attached hydrogens (tertiary/aromatic N) is 1. The van der Waals surface area contributed by atoms with Crippen molar-refractivity contribution in [2.24, 2.45) is 5.92 Å². The van der Waals surface area contributed by atoms with Crippen molar-refractivity contribution in [2.45, 2.75) is 65.0 Å². The second-order valence-corrected chi connectivity index (χ2v) is 6.88. The third-order valence-corrected chi connectivity index (χ3v) is 5.39. The molecule has 2 nitrogen and oxygen atoms in total. The Kier molecular flexibility index (Phi) is 5.83. The van der Waals surface area contributed by atoms with Gasteiger partial charge in [0.15, 0.2) is 0 Å². The van der Waals surface area contributed by atoms with E-state index in [0.717, 1.165) is 18.0 Å². The maximum absolute atomic E-state index is 10.5. The summed E-state index contributed by atoms with van der Waals surface area (Å²) < 4.78 is 0. The molecule has 1 aliphatic rings. The number of aliphatic hydroxyl groups excluding tert-OH is 1. The monoisotopic (exact) mass is 289 g/mol. The van der Waals surface area contributed by atoms with E-state index in [0.29, 0.717) is 6.04 Å². The minimum absolute atomic E-state index is 0.377. The molecule has 0 aliphatic heterocycles. The number of rotatable bonds is 5. The number of hydrogen-bond donors (Lipinski definition) is 1. The summed E-state index contributed by atoms with van der Waals surface area (Å²) in [5.41, 5.74) is 3.60. The Bertz CT molecular complexity index is 449. The number of aryl methyl sites for hydroxylation is 2. The lowest BCUT2D eigenvalue weighted by Crippen LogP contribution is -2.37. The molecule has 1 N–H and O–H groups in total. The van der Waals surface area contributed by atoms with Crippen molar-refractivity contribution in [3.8, 4) is 0 Å². The topological polar surface area (TPSA) is 23.5 Å². The zero-order valence-corrected chi connectivity index (χ0v) is 14.1. The van der Waals surface area contributed by atoms with Gasteiger partial charge in [0.2, 0.25) is 0 Å². The van der Waals surface area contributed by atoms with E-state index in [2.05, 4.69) is 50.9 Å². The first-order chi connectivity index (χ1) is 10.0. The first-order valence-corrected chi connectivity index (χ1v) is 8.46. The summed E-state index contributed by atoms with van der Waals surface area (Å²) in [4.78, 5) is 2.37. The minimum atomic E-state index is -0.377. The van der Waals surface area contributed by atoms with Crippen LogP contribution in [0.5, 0.6) is 0 Å². The number of likely N-dealkylation sites (N-methyl/N-ethyl adjacent to an activating group) is 1. The third kappa shape index (κ3) is 4.31. The Hall–Kier alpha value is -0.860. The van der Waals surface area contributed by atoms with E-state index in [1.807, 2.05) is 0 Å². The van der Waals surface area contributed by atoms with E-state index >= 15 is 0 Å². The maximum Gasteiger partial charge on any atom is 0.0917 e. The van der Waals surface area contributed by atoms with E-state index in [-0.39, 0.29) is 6.10 Å². The van der Waals surface area contributed by atoms with Crippen molar-refractivity contribution in [1.82, 2.24) is 4.90 Å². The summed E-state index contributed by atoms with van der Waals surface area (Å²) >= 11 is 0. The van der Waals surface area contributed by atoms with Crippen LogP contribution in [0, 0.1) is 19.8 Å². The highest BCUT2D eigenvalue weighted by Gasteiger charge is 2.24. The molecule has 1 unspecified atom stereocenters. The van der Waals surface area contributed by atoms with Crippen molar-refractivity contribution in [3.63, 3.8) is 0 Å². The molecule has 1 fully saturated rings. The van der Waals surface area contributed by atoms with E-state index < -0.39 is 0 Å². The van der Waals surface area contributed by atoms with Gasteiger partial charge < -0.3 is 10.0 Å². The standard InChI is InChI=1S/C19H31NO/c1-5-16-7-10-18(11-8-16)20(4)13-19(21)17-9-6-14(2)15(3)12-17/h6,9,12,16,18-19,21H,5,7-8,10-11,13H2,1-4H3. The van der Waals surface area contributed by atoms with Gasteiger partial charge in [-0.2, -0.15) is 0 Å². The van der Waals surface area contributed by atoms with Gasteiger partial charge in [0.25, 0.3) is 0 Å². The molecular weight excluding hydrogens is 258 g/mol. The SMILES string of the molecule is CCC1CCC(N(C)CC(O)c2ccc(C)c(C)c2)CC1. The van der Waals surface area contributed by atoms with E-state index in [1.165, 1.54) is 43.2 Å². The van der Waals surface area contributed by atoms with Crippen LogP contribution < -0.4 is 0 Å². The Morgan fingerprint density at radius 2 is 1.81 bits per heavy atom. The predicted octanol–water partition coefficient (Wildman–Crippen LogP) is 4.24. The van der Waals surface area contributed by atoms with Crippen LogP contribution in [-0.4, -0.2) is 29.6 Å². The first kappa shape index (κ1) is 16.5. The highest BCUT2D eigenvalue weighted by molar-refractivity contribution is 5.31. The zero-order valence-electron chi connectivity index (χ0n) is 14.1. The van der Waals surface area contributed by atoms with Gasteiger partial charge in [0.1, 0.15) is 0 Å². The van der Waals surface area contributed by atoms with Gasteiger partial charge >= 0.3 is 0 Å². The summed E-state index contributed by atoms with van der Waals surface area (Å²) in [5, 5.41) is 10.5. The first-order valence-electron chi connectivity index (χ1n) is 8.46. The Morgan fingerprint density at radius 1 is 1.14 bits per heavy atom. The van der Waals surface area contributed by atoms with Crippen LogP contribution in [0.2, 0.25) is 0 Å². The van der Waals surface area contributed by atoms with Gasteiger partial charge in [-0.1, -0.05) is 31.5 Å². The van der Waals surface area contributed by atoms with Gasteiger partial charge in [-0.15, -0.1) is 0 Å². The average Bonchev–Trinajstić information content (AvgIpc) is 2.50. The molecule has 2 rings (SSSR count). The molecule has 1 atom stereocenters. The Morgan fingerprint density at radius 3 is 2.38 bits per heavy atom. The normalized spacial score (nSPS) is 24.3. The van der Waals surface area contributed by atoms with Crippen molar-refractivity contribution in [3.05, 3.63) is 34.9 Å². The molecule has 0 aromatic heterocycles. The molecule has 0 bridgehead atoms. The molecule has 1 aromatic rings. The largest absolute Gasteiger partial charge is 0.387 e.